The minimum absolute atomic E-state index is 0.194. The Morgan fingerprint density at radius 1 is 1.47 bits per heavy atom. The number of H-pyrrole nitrogens is 1. The molecule has 0 saturated heterocycles. The van der Waals surface area contributed by atoms with Gasteiger partial charge >= 0.3 is 0 Å². The van der Waals surface area contributed by atoms with Gasteiger partial charge in [0.25, 0.3) is 5.56 Å². The van der Waals surface area contributed by atoms with Gasteiger partial charge in [0, 0.05) is 6.04 Å². The number of rotatable bonds is 5. The van der Waals surface area contributed by atoms with Crippen LogP contribution in [0.2, 0.25) is 5.02 Å². The van der Waals surface area contributed by atoms with Crippen LogP contribution in [-0.4, -0.2) is 16.2 Å². The number of hydrogen-bond donors (Lipinski definition) is 2. The predicted molar refractivity (Wildman–Crippen MR) is 78.8 cm³/mol. The van der Waals surface area contributed by atoms with E-state index < -0.39 is 0 Å². The molecule has 1 aliphatic rings. The van der Waals surface area contributed by atoms with Crippen molar-refractivity contribution in [2.24, 2.45) is 5.92 Å². The van der Waals surface area contributed by atoms with Crippen molar-refractivity contribution < 1.29 is 0 Å². The second-order valence-electron chi connectivity index (χ2n) is 5.55. The Bertz CT molecular complexity index is 454. The summed E-state index contributed by atoms with van der Waals surface area (Å²) in [6, 6.07) is 0.308. The standard InChI is InChI=1S/C14H22ClN3O/c1-10(7-8-11-5-3-2-4-6-11)17-12-9-16-18-14(19)13(12)15/h9-11H,2-8H2,1H3,(H2,17,18,19). The zero-order valence-corrected chi connectivity index (χ0v) is 12.2. The lowest BCUT2D eigenvalue weighted by molar-refractivity contribution is 0.328. The fraction of sp³-hybridized carbons (Fsp3) is 0.714. The van der Waals surface area contributed by atoms with Gasteiger partial charge in [0.2, 0.25) is 0 Å². The molecule has 2 N–H and O–H groups in total. The van der Waals surface area contributed by atoms with E-state index in [1.165, 1.54) is 38.5 Å². The largest absolute Gasteiger partial charge is 0.380 e. The average molecular weight is 284 g/mol. The normalized spacial score (nSPS) is 18.2. The van der Waals surface area contributed by atoms with Crippen LogP contribution in [0.4, 0.5) is 5.69 Å². The highest BCUT2D eigenvalue weighted by Gasteiger charge is 2.15. The van der Waals surface area contributed by atoms with Crippen molar-refractivity contribution >= 4 is 17.3 Å². The number of hydrogen-bond acceptors (Lipinski definition) is 3. The van der Waals surface area contributed by atoms with Crippen LogP contribution in [0.5, 0.6) is 0 Å². The smallest absolute Gasteiger partial charge is 0.285 e. The molecule has 0 amide bonds. The molecule has 0 bridgehead atoms. The van der Waals surface area contributed by atoms with Gasteiger partial charge in [-0.1, -0.05) is 43.7 Å². The predicted octanol–water partition coefficient (Wildman–Crippen LogP) is 3.58. The fourth-order valence-corrected chi connectivity index (χ4v) is 2.93. The number of halogens is 1. The molecule has 0 radical (unpaired) electrons. The van der Waals surface area contributed by atoms with Crippen molar-refractivity contribution in [3.05, 3.63) is 21.6 Å². The van der Waals surface area contributed by atoms with E-state index in [1.807, 2.05) is 0 Å². The van der Waals surface area contributed by atoms with Crippen LogP contribution in [0.25, 0.3) is 0 Å². The summed E-state index contributed by atoms with van der Waals surface area (Å²) in [6.07, 6.45) is 10.8. The first kappa shape index (κ1) is 14.4. The second-order valence-corrected chi connectivity index (χ2v) is 5.93. The summed E-state index contributed by atoms with van der Waals surface area (Å²) in [5.41, 5.74) is 0.285. The molecule has 1 fully saturated rings. The first-order valence-corrected chi connectivity index (χ1v) is 7.54. The summed E-state index contributed by atoms with van der Waals surface area (Å²) in [7, 11) is 0. The van der Waals surface area contributed by atoms with E-state index in [-0.39, 0.29) is 10.6 Å². The van der Waals surface area contributed by atoms with Crippen molar-refractivity contribution in [2.75, 3.05) is 5.32 Å². The maximum Gasteiger partial charge on any atom is 0.285 e. The lowest BCUT2D eigenvalue weighted by Crippen LogP contribution is -2.20. The Morgan fingerprint density at radius 3 is 2.95 bits per heavy atom. The number of nitrogens with zero attached hydrogens (tertiary/aromatic N) is 1. The van der Waals surface area contributed by atoms with Gasteiger partial charge in [-0.3, -0.25) is 4.79 Å². The second kappa shape index (κ2) is 6.94. The first-order chi connectivity index (χ1) is 9.16. The highest BCUT2D eigenvalue weighted by atomic mass is 35.5. The van der Waals surface area contributed by atoms with Crippen LogP contribution < -0.4 is 10.9 Å². The van der Waals surface area contributed by atoms with Crippen molar-refractivity contribution in [3.8, 4) is 0 Å². The third-order valence-electron chi connectivity index (χ3n) is 3.93. The lowest BCUT2D eigenvalue weighted by atomic mass is 9.85. The zero-order chi connectivity index (χ0) is 13.7. The van der Waals surface area contributed by atoms with Crippen LogP contribution in [0, 0.1) is 5.92 Å². The molecule has 106 valence electrons. The van der Waals surface area contributed by atoms with E-state index in [9.17, 15) is 4.79 Å². The SMILES string of the molecule is CC(CCC1CCCCC1)Nc1cn[nH]c(=O)c1Cl. The van der Waals surface area contributed by atoms with E-state index in [2.05, 4.69) is 22.4 Å². The fourth-order valence-electron chi connectivity index (χ4n) is 2.78. The minimum atomic E-state index is -0.342. The minimum Gasteiger partial charge on any atom is -0.380 e. The third-order valence-corrected chi connectivity index (χ3v) is 4.31. The molecule has 0 spiro atoms. The van der Waals surface area contributed by atoms with Crippen LogP contribution in [0.15, 0.2) is 11.0 Å². The van der Waals surface area contributed by atoms with Crippen molar-refractivity contribution in [2.45, 2.75) is 57.9 Å². The van der Waals surface area contributed by atoms with Crippen LogP contribution >= 0.6 is 11.6 Å². The van der Waals surface area contributed by atoms with Crippen LogP contribution in [0.1, 0.15) is 51.9 Å². The Hall–Kier alpha value is -1.03. The molecular formula is C14H22ClN3O. The van der Waals surface area contributed by atoms with E-state index >= 15 is 0 Å². The van der Waals surface area contributed by atoms with Crippen LogP contribution in [-0.2, 0) is 0 Å². The van der Waals surface area contributed by atoms with Gasteiger partial charge in [0.15, 0.2) is 0 Å². The Balaban J connectivity index is 1.81. The topological polar surface area (TPSA) is 57.8 Å². The molecule has 0 aromatic carbocycles. The summed E-state index contributed by atoms with van der Waals surface area (Å²) in [6.45, 7) is 2.13. The molecule has 19 heavy (non-hydrogen) atoms. The molecule has 5 heteroatoms. The van der Waals surface area contributed by atoms with Crippen molar-refractivity contribution in [1.82, 2.24) is 10.2 Å². The van der Waals surface area contributed by atoms with E-state index in [0.717, 1.165) is 12.3 Å². The molecule has 1 aromatic heterocycles. The number of nitrogens with one attached hydrogen (secondary N) is 2. The van der Waals surface area contributed by atoms with Gasteiger partial charge in [-0.05, 0) is 25.7 Å². The van der Waals surface area contributed by atoms with Gasteiger partial charge in [-0.2, -0.15) is 5.10 Å². The Kier molecular flexibility index (Phi) is 5.25. The summed E-state index contributed by atoms with van der Waals surface area (Å²) < 4.78 is 0. The van der Waals surface area contributed by atoms with Crippen LogP contribution in [0.3, 0.4) is 0 Å². The summed E-state index contributed by atoms with van der Waals surface area (Å²) in [5.74, 6) is 0.880. The highest BCUT2D eigenvalue weighted by molar-refractivity contribution is 6.32. The molecule has 1 unspecified atom stereocenters. The molecule has 1 heterocycles. The molecule has 0 aliphatic heterocycles. The Labute approximate surface area is 118 Å². The third kappa shape index (κ3) is 4.23. The molecule has 2 rings (SSSR count). The van der Waals surface area contributed by atoms with Gasteiger partial charge in [0.05, 0.1) is 11.9 Å². The zero-order valence-electron chi connectivity index (χ0n) is 11.4. The number of aromatic amines is 1. The quantitative estimate of drug-likeness (QED) is 0.868. The monoisotopic (exact) mass is 283 g/mol. The van der Waals surface area contributed by atoms with E-state index in [4.69, 9.17) is 11.6 Å². The molecule has 1 atom stereocenters. The molecule has 4 nitrogen and oxygen atoms in total. The van der Waals surface area contributed by atoms with Gasteiger partial charge in [-0.15, -0.1) is 0 Å². The number of aromatic nitrogens is 2. The average Bonchev–Trinajstić information content (AvgIpc) is 2.43. The highest BCUT2D eigenvalue weighted by Crippen LogP contribution is 2.28. The number of anilines is 1. The van der Waals surface area contributed by atoms with Crippen molar-refractivity contribution in [1.29, 1.82) is 0 Å². The van der Waals surface area contributed by atoms with Gasteiger partial charge < -0.3 is 5.32 Å². The Morgan fingerprint density at radius 2 is 2.21 bits per heavy atom. The maximum atomic E-state index is 11.3. The molecule has 1 saturated carbocycles. The summed E-state index contributed by atoms with van der Waals surface area (Å²) >= 11 is 5.94. The van der Waals surface area contributed by atoms with Gasteiger partial charge in [0.1, 0.15) is 5.02 Å². The molecule has 1 aliphatic carbocycles. The molecular weight excluding hydrogens is 262 g/mol. The summed E-state index contributed by atoms with van der Waals surface area (Å²) in [4.78, 5) is 11.3. The lowest BCUT2D eigenvalue weighted by Gasteiger charge is -2.23. The summed E-state index contributed by atoms with van der Waals surface area (Å²) in [5, 5.41) is 9.55. The van der Waals surface area contributed by atoms with Crippen molar-refractivity contribution in [3.63, 3.8) is 0 Å². The van der Waals surface area contributed by atoms with E-state index in [0.29, 0.717) is 11.7 Å². The van der Waals surface area contributed by atoms with E-state index in [1.54, 1.807) is 6.20 Å². The first-order valence-electron chi connectivity index (χ1n) is 7.16. The van der Waals surface area contributed by atoms with Gasteiger partial charge in [-0.25, -0.2) is 5.10 Å². The molecule has 1 aromatic rings. The maximum absolute atomic E-state index is 11.3.